The highest BCUT2D eigenvalue weighted by Crippen LogP contribution is 2.16. The Hall–Kier alpha value is -2.92. The predicted octanol–water partition coefficient (Wildman–Crippen LogP) is 2.61. The number of aliphatic hydroxyl groups excluding tert-OH is 1. The van der Waals surface area contributed by atoms with Crippen molar-refractivity contribution in [2.75, 3.05) is 0 Å². The molecule has 1 aromatic heterocycles. The molecule has 24 heavy (non-hydrogen) atoms. The average Bonchev–Trinajstić information content (AvgIpc) is 3.15. The molecule has 0 saturated carbocycles. The van der Waals surface area contributed by atoms with Crippen LogP contribution in [0.1, 0.15) is 23.7 Å². The Morgan fingerprint density at radius 2 is 1.83 bits per heavy atom. The first kappa shape index (κ1) is 16.0. The number of rotatable bonds is 6. The van der Waals surface area contributed by atoms with Crippen LogP contribution in [-0.4, -0.2) is 20.8 Å². The first-order chi connectivity index (χ1) is 11.7. The summed E-state index contributed by atoms with van der Waals surface area (Å²) in [6, 6.07) is 18.8. The Labute approximate surface area is 140 Å². The maximum absolute atomic E-state index is 12.1. The largest absolute Gasteiger partial charge is 0.388 e. The number of hydrogen-bond acceptors (Lipinski definition) is 3. The van der Waals surface area contributed by atoms with Crippen LogP contribution < -0.4 is 5.32 Å². The van der Waals surface area contributed by atoms with Crippen molar-refractivity contribution < 1.29 is 9.90 Å². The fourth-order valence-electron chi connectivity index (χ4n) is 2.53. The number of hydrogen-bond donors (Lipinski definition) is 2. The Balaban J connectivity index is 1.61. The molecule has 1 amide bonds. The predicted molar refractivity (Wildman–Crippen MR) is 91.4 cm³/mol. The van der Waals surface area contributed by atoms with Crippen molar-refractivity contribution >= 4 is 5.91 Å². The van der Waals surface area contributed by atoms with E-state index in [1.807, 2.05) is 66.9 Å². The van der Waals surface area contributed by atoms with Gasteiger partial charge in [-0.1, -0.05) is 48.5 Å². The molecule has 2 N–H and O–H groups in total. The first-order valence-electron chi connectivity index (χ1n) is 7.81. The maximum Gasteiger partial charge on any atom is 0.223 e. The summed E-state index contributed by atoms with van der Waals surface area (Å²) in [6.07, 6.45) is 2.81. The van der Waals surface area contributed by atoms with E-state index in [2.05, 4.69) is 10.4 Å². The van der Waals surface area contributed by atoms with E-state index < -0.39 is 6.10 Å². The lowest BCUT2D eigenvalue weighted by Crippen LogP contribution is -2.25. The fourth-order valence-corrected chi connectivity index (χ4v) is 2.53. The van der Waals surface area contributed by atoms with Crippen molar-refractivity contribution in [3.05, 3.63) is 84.2 Å². The van der Waals surface area contributed by atoms with E-state index in [0.717, 1.165) is 16.8 Å². The third-order valence-electron chi connectivity index (χ3n) is 3.78. The van der Waals surface area contributed by atoms with Gasteiger partial charge in [0.15, 0.2) is 0 Å². The Morgan fingerprint density at radius 1 is 1.08 bits per heavy atom. The lowest BCUT2D eigenvalue weighted by Gasteiger charge is -2.13. The molecule has 3 aromatic rings. The highest BCUT2D eigenvalue weighted by Gasteiger charge is 2.13. The van der Waals surface area contributed by atoms with Crippen LogP contribution in [0.3, 0.4) is 0 Å². The van der Waals surface area contributed by atoms with Gasteiger partial charge in [-0.25, -0.2) is 4.68 Å². The molecule has 0 aliphatic heterocycles. The zero-order valence-corrected chi connectivity index (χ0v) is 13.2. The fraction of sp³-hybridized carbons (Fsp3) is 0.158. The van der Waals surface area contributed by atoms with Crippen molar-refractivity contribution in [1.29, 1.82) is 0 Å². The van der Waals surface area contributed by atoms with E-state index in [1.54, 1.807) is 10.9 Å². The molecule has 0 radical (unpaired) electrons. The second-order valence-electron chi connectivity index (χ2n) is 5.49. The molecular weight excluding hydrogens is 302 g/mol. The molecule has 122 valence electrons. The number of nitrogens with one attached hydrogen (secondary N) is 1. The van der Waals surface area contributed by atoms with Gasteiger partial charge in [0, 0.05) is 18.9 Å². The third-order valence-corrected chi connectivity index (χ3v) is 3.78. The monoisotopic (exact) mass is 321 g/mol. The highest BCUT2D eigenvalue weighted by atomic mass is 16.3. The van der Waals surface area contributed by atoms with E-state index in [1.165, 1.54) is 0 Å². The molecule has 5 heteroatoms. The van der Waals surface area contributed by atoms with Crippen LogP contribution >= 0.6 is 0 Å². The molecular formula is C19H19N3O2. The topological polar surface area (TPSA) is 67.2 Å². The van der Waals surface area contributed by atoms with Gasteiger partial charge in [0.05, 0.1) is 18.2 Å². The van der Waals surface area contributed by atoms with Gasteiger partial charge < -0.3 is 10.4 Å². The summed E-state index contributed by atoms with van der Waals surface area (Å²) >= 11 is 0. The third kappa shape index (κ3) is 3.88. The number of nitrogens with zero attached hydrogens (tertiary/aromatic N) is 2. The zero-order chi connectivity index (χ0) is 16.8. The van der Waals surface area contributed by atoms with Gasteiger partial charge in [-0.3, -0.25) is 4.79 Å². The molecule has 1 atom stereocenters. The van der Waals surface area contributed by atoms with Gasteiger partial charge in [-0.2, -0.15) is 5.10 Å². The summed E-state index contributed by atoms with van der Waals surface area (Å²) in [5, 5.41) is 17.2. The number of carbonyl (C=O) groups is 1. The summed E-state index contributed by atoms with van der Waals surface area (Å²) in [6.45, 7) is 0.385. The molecule has 3 rings (SSSR count). The Morgan fingerprint density at radius 3 is 2.58 bits per heavy atom. The average molecular weight is 321 g/mol. The molecule has 0 aliphatic carbocycles. The lowest BCUT2D eigenvalue weighted by atomic mass is 10.1. The van der Waals surface area contributed by atoms with Gasteiger partial charge in [0.1, 0.15) is 0 Å². The van der Waals surface area contributed by atoms with Crippen LogP contribution in [0.5, 0.6) is 0 Å². The number of benzene rings is 2. The van der Waals surface area contributed by atoms with Gasteiger partial charge in [-0.05, 0) is 23.3 Å². The van der Waals surface area contributed by atoms with Crippen LogP contribution in [0.4, 0.5) is 0 Å². The molecule has 0 aliphatic rings. The molecule has 2 aromatic carbocycles. The van der Waals surface area contributed by atoms with Crippen LogP contribution in [0.2, 0.25) is 0 Å². The number of amides is 1. The lowest BCUT2D eigenvalue weighted by molar-refractivity contribution is -0.123. The summed E-state index contributed by atoms with van der Waals surface area (Å²) < 4.78 is 1.76. The molecule has 1 heterocycles. The summed E-state index contributed by atoms with van der Waals surface area (Å²) in [5.41, 5.74) is 2.62. The standard InChI is InChI=1S/C19H19N3O2/c23-18(15-7-2-1-3-8-15)13-19(24)20-14-16-9-4-5-10-17(16)22-12-6-11-21-22/h1-12,18,23H,13-14H2,(H,20,24). The Kier molecular flexibility index (Phi) is 5.03. The number of carbonyl (C=O) groups excluding carboxylic acids is 1. The van der Waals surface area contributed by atoms with Gasteiger partial charge >= 0.3 is 0 Å². The van der Waals surface area contributed by atoms with E-state index in [0.29, 0.717) is 6.54 Å². The maximum atomic E-state index is 12.1. The second-order valence-corrected chi connectivity index (χ2v) is 5.49. The zero-order valence-electron chi connectivity index (χ0n) is 13.2. The molecule has 0 fully saturated rings. The summed E-state index contributed by atoms with van der Waals surface area (Å²) in [5.74, 6) is -0.193. The van der Waals surface area contributed by atoms with E-state index in [-0.39, 0.29) is 12.3 Å². The first-order valence-corrected chi connectivity index (χ1v) is 7.81. The summed E-state index contributed by atoms with van der Waals surface area (Å²) in [4.78, 5) is 12.1. The molecule has 1 unspecified atom stereocenters. The minimum atomic E-state index is -0.799. The Bertz CT molecular complexity index is 785. The van der Waals surface area contributed by atoms with Crippen molar-refractivity contribution in [2.24, 2.45) is 0 Å². The van der Waals surface area contributed by atoms with Gasteiger partial charge in [0.2, 0.25) is 5.91 Å². The van der Waals surface area contributed by atoms with Crippen LogP contribution in [-0.2, 0) is 11.3 Å². The minimum Gasteiger partial charge on any atom is -0.388 e. The quantitative estimate of drug-likeness (QED) is 0.733. The van der Waals surface area contributed by atoms with Crippen LogP contribution in [0.25, 0.3) is 5.69 Å². The smallest absolute Gasteiger partial charge is 0.223 e. The van der Waals surface area contributed by atoms with Crippen molar-refractivity contribution in [2.45, 2.75) is 19.1 Å². The van der Waals surface area contributed by atoms with Gasteiger partial charge in [-0.15, -0.1) is 0 Å². The molecule has 5 nitrogen and oxygen atoms in total. The van der Waals surface area contributed by atoms with E-state index >= 15 is 0 Å². The summed E-state index contributed by atoms with van der Waals surface area (Å²) in [7, 11) is 0. The van der Waals surface area contributed by atoms with Crippen molar-refractivity contribution in [3.63, 3.8) is 0 Å². The molecule has 0 bridgehead atoms. The minimum absolute atomic E-state index is 0.0357. The van der Waals surface area contributed by atoms with Crippen molar-refractivity contribution in [3.8, 4) is 5.69 Å². The normalized spacial score (nSPS) is 11.9. The SMILES string of the molecule is O=C(CC(O)c1ccccc1)NCc1ccccc1-n1cccn1. The van der Waals surface area contributed by atoms with E-state index in [9.17, 15) is 9.90 Å². The number of aliphatic hydroxyl groups is 1. The van der Waals surface area contributed by atoms with E-state index in [4.69, 9.17) is 0 Å². The van der Waals surface area contributed by atoms with Crippen LogP contribution in [0, 0.1) is 0 Å². The molecule has 0 saturated heterocycles. The molecule has 0 spiro atoms. The van der Waals surface area contributed by atoms with Gasteiger partial charge in [0.25, 0.3) is 0 Å². The second kappa shape index (κ2) is 7.57. The van der Waals surface area contributed by atoms with Crippen LogP contribution in [0.15, 0.2) is 73.1 Å². The highest BCUT2D eigenvalue weighted by molar-refractivity contribution is 5.76. The number of para-hydroxylation sites is 1. The number of aromatic nitrogens is 2. The van der Waals surface area contributed by atoms with Crippen molar-refractivity contribution in [1.82, 2.24) is 15.1 Å².